The largest absolute Gasteiger partial charge is 0.481 e. The normalized spacial score (nSPS) is 16.5. The van der Waals surface area contributed by atoms with E-state index in [0.717, 1.165) is 56.0 Å². The van der Waals surface area contributed by atoms with Gasteiger partial charge < -0.3 is 14.0 Å². The van der Waals surface area contributed by atoms with Gasteiger partial charge in [0.15, 0.2) is 5.82 Å². The van der Waals surface area contributed by atoms with Crippen LogP contribution in [-0.2, 0) is 16.7 Å². The molecule has 0 unspecified atom stereocenters. The number of rotatable bonds is 8. The SMILES string of the molecule is COCCC1(c2noc(-c3ccncc3)n2)CCN(Cc2cccc(OC)n2)CC1. The molecule has 0 aliphatic carbocycles. The lowest BCUT2D eigenvalue weighted by Crippen LogP contribution is -2.43. The molecule has 8 nitrogen and oxygen atoms in total. The predicted octanol–water partition coefficient (Wildman–Crippen LogP) is 3.11. The molecule has 0 spiro atoms. The van der Waals surface area contributed by atoms with Gasteiger partial charge in [0.25, 0.3) is 5.89 Å². The quantitative estimate of drug-likeness (QED) is 0.561. The highest BCUT2D eigenvalue weighted by atomic mass is 16.5. The van der Waals surface area contributed by atoms with Crippen LogP contribution in [0.3, 0.4) is 0 Å². The van der Waals surface area contributed by atoms with Crippen LogP contribution in [0.2, 0.25) is 0 Å². The molecule has 0 amide bonds. The van der Waals surface area contributed by atoms with E-state index < -0.39 is 0 Å². The lowest BCUT2D eigenvalue weighted by Gasteiger charge is -2.39. The maximum atomic E-state index is 5.59. The Bertz CT molecular complexity index is 939. The molecule has 0 bridgehead atoms. The van der Waals surface area contributed by atoms with E-state index in [9.17, 15) is 0 Å². The zero-order valence-corrected chi connectivity index (χ0v) is 17.5. The monoisotopic (exact) mass is 409 g/mol. The van der Waals surface area contributed by atoms with Crippen molar-refractivity contribution in [3.8, 4) is 17.3 Å². The first-order valence-electron chi connectivity index (χ1n) is 10.2. The Kier molecular flexibility index (Phi) is 6.35. The molecule has 0 radical (unpaired) electrons. The smallest absolute Gasteiger partial charge is 0.258 e. The second-order valence-electron chi connectivity index (χ2n) is 7.63. The Morgan fingerprint density at radius 3 is 2.60 bits per heavy atom. The van der Waals surface area contributed by atoms with Gasteiger partial charge in [-0.15, -0.1) is 0 Å². The number of hydrogen-bond donors (Lipinski definition) is 0. The summed E-state index contributed by atoms with van der Waals surface area (Å²) in [6.07, 6.45) is 6.20. The summed E-state index contributed by atoms with van der Waals surface area (Å²) >= 11 is 0. The van der Waals surface area contributed by atoms with Crippen molar-refractivity contribution in [2.24, 2.45) is 0 Å². The Labute approximate surface area is 176 Å². The second kappa shape index (κ2) is 9.32. The maximum Gasteiger partial charge on any atom is 0.258 e. The van der Waals surface area contributed by atoms with E-state index in [1.54, 1.807) is 26.6 Å². The van der Waals surface area contributed by atoms with Gasteiger partial charge >= 0.3 is 0 Å². The van der Waals surface area contributed by atoms with Gasteiger partial charge in [-0.05, 0) is 50.6 Å². The molecule has 158 valence electrons. The number of methoxy groups -OCH3 is 2. The Morgan fingerprint density at radius 2 is 1.87 bits per heavy atom. The third-order valence-electron chi connectivity index (χ3n) is 5.80. The van der Waals surface area contributed by atoms with Crippen LogP contribution in [-0.4, -0.2) is 58.9 Å². The van der Waals surface area contributed by atoms with Gasteiger partial charge in [0.1, 0.15) is 0 Å². The van der Waals surface area contributed by atoms with Crippen LogP contribution in [0.25, 0.3) is 11.5 Å². The van der Waals surface area contributed by atoms with Gasteiger partial charge in [-0.25, -0.2) is 4.98 Å². The molecule has 1 fully saturated rings. The highest BCUT2D eigenvalue weighted by Gasteiger charge is 2.40. The van der Waals surface area contributed by atoms with Crippen molar-refractivity contribution in [2.75, 3.05) is 33.9 Å². The molecule has 0 saturated carbocycles. The summed E-state index contributed by atoms with van der Waals surface area (Å²) in [7, 11) is 3.37. The van der Waals surface area contributed by atoms with E-state index in [1.165, 1.54) is 0 Å². The second-order valence-corrected chi connectivity index (χ2v) is 7.63. The predicted molar refractivity (Wildman–Crippen MR) is 111 cm³/mol. The van der Waals surface area contributed by atoms with Crippen LogP contribution in [0, 0.1) is 0 Å². The summed E-state index contributed by atoms with van der Waals surface area (Å²) in [5.74, 6) is 1.95. The van der Waals surface area contributed by atoms with Crippen LogP contribution in [0.15, 0.2) is 47.2 Å². The summed E-state index contributed by atoms with van der Waals surface area (Å²) in [6, 6.07) is 9.64. The Balaban J connectivity index is 1.48. The number of hydrogen-bond acceptors (Lipinski definition) is 8. The van der Waals surface area contributed by atoms with Gasteiger partial charge in [-0.3, -0.25) is 9.88 Å². The first-order chi connectivity index (χ1) is 14.7. The molecule has 0 atom stereocenters. The van der Waals surface area contributed by atoms with E-state index in [0.29, 0.717) is 18.4 Å². The third-order valence-corrected chi connectivity index (χ3v) is 5.80. The molecule has 0 aromatic carbocycles. The number of ether oxygens (including phenoxy) is 2. The number of nitrogens with zero attached hydrogens (tertiary/aromatic N) is 5. The summed E-state index contributed by atoms with van der Waals surface area (Å²) in [5, 5.41) is 4.36. The molecule has 4 rings (SSSR count). The molecular formula is C22H27N5O3. The van der Waals surface area contributed by atoms with Gasteiger partial charge in [-0.1, -0.05) is 11.2 Å². The zero-order chi connectivity index (χ0) is 20.8. The van der Waals surface area contributed by atoms with Gasteiger partial charge in [-0.2, -0.15) is 4.98 Å². The summed E-state index contributed by atoms with van der Waals surface area (Å²) in [4.78, 5) is 15.8. The Morgan fingerprint density at radius 1 is 1.07 bits per heavy atom. The standard InChI is InChI=1S/C22H27N5O3/c1-28-15-10-22(21-25-20(30-26-21)17-6-11-23-12-7-17)8-13-27(14-9-22)16-18-4-3-5-19(24-18)29-2/h3-7,11-12H,8-10,13-16H2,1-2H3. The highest BCUT2D eigenvalue weighted by Crippen LogP contribution is 2.38. The van der Waals surface area contributed by atoms with E-state index in [4.69, 9.17) is 19.0 Å². The fraction of sp³-hybridized carbons (Fsp3) is 0.455. The first kappa shape index (κ1) is 20.4. The topological polar surface area (TPSA) is 86.4 Å². The molecule has 8 heteroatoms. The van der Waals surface area contributed by atoms with Crippen molar-refractivity contribution < 1.29 is 14.0 Å². The minimum atomic E-state index is -0.150. The molecule has 1 saturated heterocycles. The third kappa shape index (κ3) is 4.49. The molecular weight excluding hydrogens is 382 g/mol. The molecule has 3 aromatic heterocycles. The fourth-order valence-corrected chi connectivity index (χ4v) is 3.96. The van der Waals surface area contributed by atoms with Crippen molar-refractivity contribution >= 4 is 0 Å². The van der Waals surface area contributed by atoms with Crippen LogP contribution < -0.4 is 4.74 Å². The number of likely N-dealkylation sites (tertiary alicyclic amines) is 1. The number of aromatic nitrogens is 4. The van der Waals surface area contributed by atoms with Crippen molar-refractivity contribution in [2.45, 2.75) is 31.2 Å². The summed E-state index contributed by atoms with van der Waals surface area (Å²) in [5.41, 5.74) is 1.74. The molecule has 3 aromatic rings. The molecule has 30 heavy (non-hydrogen) atoms. The molecule has 4 heterocycles. The van der Waals surface area contributed by atoms with E-state index >= 15 is 0 Å². The average Bonchev–Trinajstić information content (AvgIpc) is 3.31. The number of piperidine rings is 1. The lowest BCUT2D eigenvalue weighted by atomic mass is 9.75. The minimum Gasteiger partial charge on any atom is -0.481 e. The van der Waals surface area contributed by atoms with Crippen molar-refractivity contribution in [3.63, 3.8) is 0 Å². The summed E-state index contributed by atoms with van der Waals surface area (Å²) < 4.78 is 16.2. The highest BCUT2D eigenvalue weighted by molar-refractivity contribution is 5.51. The van der Waals surface area contributed by atoms with Gasteiger partial charge in [0.05, 0.1) is 12.8 Å². The summed E-state index contributed by atoms with van der Waals surface area (Å²) in [6.45, 7) is 3.33. The van der Waals surface area contributed by atoms with Gasteiger partial charge in [0, 0.05) is 49.7 Å². The molecule has 0 N–H and O–H groups in total. The van der Waals surface area contributed by atoms with Crippen LogP contribution in [0.1, 0.15) is 30.8 Å². The van der Waals surface area contributed by atoms with Crippen molar-refractivity contribution in [1.29, 1.82) is 0 Å². The fourth-order valence-electron chi connectivity index (χ4n) is 3.96. The van der Waals surface area contributed by atoms with E-state index in [-0.39, 0.29) is 5.41 Å². The minimum absolute atomic E-state index is 0.150. The molecule has 1 aliphatic heterocycles. The lowest BCUT2D eigenvalue weighted by molar-refractivity contribution is 0.102. The van der Waals surface area contributed by atoms with Gasteiger partial charge in [0.2, 0.25) is 5.88 Å². The molecule has 1 aliphatic rings. The van der Waals surface area contributed by atoms with Crippen LogP contribution in [0.5, 0.6) is 5.88 Å². The van der Waals surface area contributed by atoms with Crippen molar-refractivity contribution in [3.05, 3.63) is 54.2 Å². The van der Waals surface area contributed by atoms with Crippen LogP contribution >= 0.6 is 0 Å². The average molecular weight is 409 g/mol. The maximum absolute atomic E-state index is 5.59. The zero-order valence-electron chi connectivity index (χ0n) is 17.5. The first-order valence-corrected chi connectivity index (χ1v) is 10.2. The number of pyridine rings is 2. The Hall–Kier alpha value is -2.84. The van der Waals surface area contributed by atoms with Crippen LogP contribution in [0.4, 0.5) is 0 Å². The van der Waals surface area contributed by atoms with E-state index in [1.807, 2.05) is 30.3 Å². The van der Waals surface area contributed by atoms with Crippen molar-refractivity contribution in [1.82, 2.24) is 25.0 Å². The van der Waals surface area contributed by atoms with E-state index in [2.05, 4.69) is 20.0 Å².